The Hall–Kier alpha value is -3.96. The van der Waals surface area contributed by atoms with E-state index in [-0.39, 0.29) is 11.3 Å². The van der Waals surface area contributed by atoms with Gasteiger partial charge in [0.05, 0.1) is 31.0 Å². The van der Waals surface area contributed by atoms with Gasteiger partial charge in [0.1, 0.15) is 23.7 Å². The lowest BCUT2D eigenvalue weighted by atomic mass is 9.87. The maximum atomic E-state index is 12.6. The van der Waals surface area contributed by atoms with E-state index in [1.807, 2.05) is 24.3 Å². The Kier molecular flexibility index (Phi) is 9.42. The summed E-state index contributed by atoms with van der Waals surface area (Å²) in [7, 11) is 0. The van der Waals surface area contributed by atoms with Crippen molar-refractivity contribution < 1.29 is 19.0 Å². The van der Waals surface area contributed by atoms with Gasteiger partial charge in [-0.3, -0.25) is 14.6 Å². The van der Waals surface area contributed by atoms with Crippen molar-refractivity contribution in [2.24, 2.45) is 0 Å². The number of aromatic nitrogens is 2. The van der Waals surface area contributed by atoms with Crippen LogP contribution in [0, 0.1) is 0 Å². The predicted octanol–water partition coefficient (Wildman–Crippen LogP) is 5.51. The number of carbonyl (C=O) groups excluding carboxylic acids is 1. The first-order valence-electron chi connectivity index (χ1n) is 17.3. The number of imidazole rings is 1. The van der Waals surface area contributed by atoms with Gasteiger partial charge in [0, 0.05) is 69.9 Å². The molecule has 0 unspecified atom stereocenters. The number of likely N-dealkylation sites (tertiary alicyclic amines) is 1. The Bertz CT molecular complexity index is 1670. The van der Waals surface area contributed by atoms with E-state index in [0.29, 0.717) is 26.4 Å². The Labute approximate surface area is 283 Å². The lowest BCUT2D eigenvalue weighted by Crippen LogP contribution is -2.47. The van der Waals surface area contributed by atoms with Crippen LogP contribution in [0.5, 0.6) is 5.75 Å². The van der Waals surface area contributed by atoms with Crippen LogP contribution >= 0.6 is 0 Å². The summed E-state index contributed by atoms with van der Waals surface area (Å²) in [4.78, 5) is 28.3. The van der Waals surface area contributed by atoms with E-state index in [4.69, 9.17) is 19.2 Å². The van der Waals surface area contributed by atoms with Crippen LogP contribution in [-0.4, -0.2) is 104 Å². The number of H-pyrrole nitrogens is 1. The summed E-state index contributed by atoms with van der Waals surface area (Å²) >= 11 is 0. The van der Waals surface area contributed by atoms with E-state index in [0.717, 1.165) is 92.5 Å². The topological polar surface area (TPSA) is 95.2 Å². The monoisotopic (exact) mass is 652 g/mol. The molecule has 0 saturated carbocycles. The van der Waals surface area contributed by atoms with Crippen molar-refractivity contribution in [2.45, 2.75) is 44.8 Å². The number of aromatic amines is 1. The number of amides is 1. The van der Waals surface area contributed by atoms with Gasteiger partial charge in [-0.2, -0.15) is 0 Å². The Balaban J connectivity index is 0.848. The van der Waals surface area contributed by atoms with Crippen molar-refractivity contribution in [3.8, 4) is 17.1 Å². The van der Waals surface area contributed by atoms with Gasteiger partial charge < -0.3 is 29.4 Å². The third kappa shape index (κ3) is 7.52. The van der Waals surface area contributed by atoms with Gasteiger partial charge in [-0.05, 0) is 47.4 Å². The molecule has 254 valence electrons. The molecule has 10 heteroatoms. The van der Waals surface area contributed by atoms with Crippen LogP contribution < -0.4 is 15.0 Å². The molecule has 1 aromatic heterocycles. The number of nitrogens with zero attached hydrogens (tertiary/aromatic N) is 4. The smallest absolute Gasteiger partial charge is 0.238 e. The molecule has 48 heavy (non-hydrogen) atoms. The van der Waals surface area contributed by atoms with Crippen LogP contribution in [0.25, 0.3) is 22.4 Å². The molecule has 3 fully saturated rings. The molecule has 4 aromatic rings. The zero-order chi connectivity index (χ0) is 33.1. The number of piperazine rings is 1. The van der Waals surface area contributed by atoms with E-state index in [1.165, 1.54) is 11.3 Å². The van der Waals surface area contributed by atoms with Gasteiger partial charge in [0.25, 0.3) is 0 Å². The molecule has 3 aliphatic rings. The number of rotatable bonds is 9. The summed E-state index contributed by atoms with van der Waals surface area (Å²) < 4.78 is 17.6. The van der Waals surface area contributed by atoms with E-state index in [1.54, 1.807) is 0 Å². The van der Waals surface area contributed by atoms with Crippen LogP contribution in [0.4, 0.5) is 11.4 Å². The van der Waals surface area contributed by atoms with Crippen LogP contribution in [0.2, 0.25) is 0 Å². The zero-order valence-electron chi connectivity index (χ0n) is 28.5. The van der Waals surface area contributed by atoms with Gasteiger partial charge in [-0.1, -0.05) is 51.1 Å². The normalized spacial score (nSPS) is 18.9. The summed E-state index contributed by atoms with van der Waals surface area (Å²) in [6.07, 6.45) is 1.61. The maximum Gasteiger partial charge on any atom is 0.238 e. The molecule has 2 N–H and O–H groups in total. The van der Waals surface area contributed by atoms with Crippen LogP contribution in [0.3, 0.4) is 0 Å². The first kappa shape index (κ1) is 32.6. The first-order chi connectivity index (χ1) is 23.2. The molecule has 1 amide bonds. The number of para-hydroxylation sites is 1. The number of fused-ring (bicyclic) bond motifs is 1. The van der Waals surface area contributed by atoms with Crippen molar-refractivity contribution in [3.05, 3.63) is 72.3 Å². The fourth-order valence-corrected chi connectivity index (χ4v) is 6.92. The number of hydrogen-bond donors (Lipinski definition) is 2. The van der Waals surface area contributed by atoms with Crippen LogP contribution in [0.15, 0.2) is 66.7 Å². The molecule has 4 heterocycles. The van der Waals surface area contributed by atoms with Crippen molar-refractivity contribution in [1.29, 1.82) is 0 Å². The van der Waals surface area contributed by atoms with Gasteiger partial charge in [0.15, 0.2) is 5.79 Å². The highest BCUT2D eigenvalue weighted by atomic mass is 16.7. The predicted molar refractivity (Wildman–Crippen MR) is 190 cm³/mol. The Morgan fingerprint density at radius 1 is 0.896 bits per heavy atom. The third-order valence-corrected chi connectivity index (χ3v) is 9.84. The van der Waals surface area contributed by atoms with Gasteiger partial charge in [-0.25, -0.2) is 4.98 Å². The Morgan fingerprint density at radius 3 is 2.29 bits per heavy atom. The molecule has 10 nitrogen and oxygen atoms in total. The number of ether oxygens (including phenoxy) is 3. The highest BCUT2D eigenvalue weighted by Gasteiger charge is 2.40. The fourth-order valence-electron chi connectivity index (χ4n) is 6.92. The van der Waals surface area contributed by atoms with E-state index in [2.05, 4.69) is 88.2 Å². The number of benzene rings is 3. The summed E-state index contributed by atoms with van der Waals surface area (Å²) in [6.45, 7) is 15.3. The number of hydrogen-bond acceptors (Lipinski definition) is 8. The van der Waals surface area contributed by atoms with Gasteiger partial charge in [0.2, 0.25) is 5.91 Å². The molecule has 0 radical (unpaired) electrons. The van der Waals surface area contributed by atoms with E-state index in [9.17, 15) is 4.79 Å². The second-order valence-electron chi connectivity index (χ2n) is 14.2. The standard InChI is InChI=1S/C38H48N6O4/c1-37(2,3)29-9-7-28(8-10-29)36-40-32-5-4-6-33(35(32)41-36)44-21-19-42(20-22-44)23-24-46-31-13-11-30(12-14-31)39-34(45)27-43-17-15-38(16-18-43)47-25-26-48-38/h4-14H,15-27H2,1-3H3,(H,39,45)(H,40,41). The number of nitrogens with one attached hydrogen (secondary N) is 2. The summed E-state index contributed by atoms with van der Waals surface area (Å²) in [5.41, 5.74) is 6.59. The van der Waals surface area contributed by atoms with Crippen molar-refractivity contribution >= 4 is 28.3 Å². The van der Waals surface area contributed by atoms with E-state index >= 15 is 0 Å². The number of anilines is 2. The molecule has 1 spiro atoms. The highest BCUT2D eigenvalue weighted by Crippen LogP contribution is 2.32. The largest absolute Gasteiger partial charge is 0.492 e. The molecular formula is C38H48N6O4. The molecular weight excluding hydrogens is 604 g/mol. The minimum absolute atomic E-state index is 0.0121. The summed E-state index contributed by atoms with van der Waals surface area (Å²) in [5.74, 6) is 1.28. The van der Waals surface area contributed by atoms with Crippen molar-refractivity contribution in [1.82, 2.24) is 19.8 Å². The molecule has 0 aliphatic carbocycles. The lowest BCUT2D eigenvalue weighted by molar-refractivity contribution is -0.185. The average Bonchev–Trinajstić information content (AvgIpc) is 3.74. The molecule has 3 aromatic carbocycles. The minimum Gasteiger partial charge on any atom is -0.492 e. The van der Waals surface area contributed by atoms with Crippen molar-refractivity contribution in [3.63, 3.8) is 0 Å². The van der Waals surface area contributed by atoms with Crippen molar-refractivity contribution in [2.75, 3.05) is 82.4 Å². The minimum atomic E-state index is -0.419. The molecule has 7 rings (SSSR count). The Morgan fingerprint density at radius 2 is 1.60 bits per heavy atom. The fraction of sp³-hybridized carbons (Fsp3) is 0.474. The van der Waals surface area contributed by atoms with E-state index < -0.39 is 5.79 Å². The number of carbonyl (C=O) groups is 1. The van der Waals surface area contributed by atoms with Gasteiger partial charge >= 0.3 is 0 Å². The van der Waals surface area contributed by atoms with Crippen LogP contribution in [0.1, 0.15) is 39.2 Å². The summed E-state index contributed by atoms with van der Waals surface area (Å²) in [5, 5.41) is 3.01. The molecule has 3 aliphatic heterocycles. The summed E-state index contributed by atoms with van der Waals surface area (Å²) in [6, 6.07) is 22.8. The SMILES string of the molecule is CC(C)(C)c1ccc(-c2nc3c(N4CCN(CCOc5ccc(NC(=O)CN6CCC7(CC6)OCCO7)cc5)CC4)cccc3[nH]2)cc1. The second-order valence-corrected chi connectivity index (χ2v) is 14.2. The quantitative estimate of drug-likeness (QED) is 0.245. The highest BCUT2D eigenvalue weighted by molar-refractivity contribution is 5.92. The maximum absolute atomic E-state index is 12.6. The first-order valence-corrected chi connectivity index (χ1v) is 17.3. The zero-order valence-corrected chi connectivity index (χ0v) is 28.5. The third-order valence-electron chi connectivity index (χ3n) is 9.84. The molecule has 3 saturated heterocycles. The molecule has 0 bridgehead atoms. The lowest BCUT2D eigenvalue weighted by Gasteiger charge is -2.37. The molecule has 0 atom stereocenters. The average molecular weight is 653 g/mol. The van der Waals surface area contributed by atoms with Gasteiger partial charge in [-0.15, -0.1) is 0 Å². The number of piperidine rings is 1. The van der Waals surface area contributed by atoms with Crippen LogP contribution in [-0.2, 0) is 19.7 Å². The second kappa shape index (κ2) is 13.9.